The number of halogens is 1. The zero-order chi connectivity index (χ0) is 19.7. The van der Waals surface area contributed by atoms with Gasteiger partial charge in [-0.1, -0.05) is 54.1 Å². The first-order valence-electron chi connectivity index (χ1n) is 8.70. The monoisotopic (exact) mass is 389 g/mol. The maximum atomic E-state index is 12.7. The molecule has 0 aliphatic rings. The minimum Gasteiger partial charge on any atom is -0.330 e. The smallest absolute Gasteiger partial charge is 0.286 e. The summed E-state index contributed by atoms with van der Waals surface area (Å²) in [5.74, 6) is -0.274. The highest BCUT2D eigenvalue weighted by Crippen LogP contribution is 2.29. The van der Waals surface area contributed by atoms with Gasteiger partial charge in [0.25, 0.3) is 5.56 Å². The predicted octanol–water partition coefficient (Wildman–Crippen LogP) is 3.49. The van der Waals surface area contributed by atoms with Crippen molar-refractivity contribution in [3.63, 3.8) is 0 Å². The molecule has 0 aliphatic carbocycles. The van der Waals surface area contributed by atoms with E-state index in [4.69, 9.17) is 11.6 Å². The third kappa shape index (κ3) is 3.06. The molecule has 0 aliphatic heterocycles. The van der Waals surface area contributed by atoms with Crippen LogP contribution in [0.3, 0.4) is 0 Å². The normalized spacial score (nSPS) is 12.0. The molecule has 0 fully saturated rings. The number of para-hydroxylation sites is 2. The molecule has 2 aromatic carbocycles. The standard InChI is InChI=1S/C21H16ClN5O/c1-26-18-10-6-5-9-17(18)25-20(26)15(11-23)16-12-24-27(21(28)19(16)22)13-14-7-3-2-4-8-14/h2-10,12,15H,13H2,1H3. The molecule has 0 saturated heterocycles. The summed E-state index contributed by atoms with van der Waals surface area (Å²) in [4.78, 5) is 17.3. The zero-order valence-corrected chi connectivity index (χ0v) is 15.8. The lowest BCUT2D eigenvalue weighted by atomic mass is 10.0. The molecule has 4 aromatic rings. The van der Waals surface area contributed by atoms with Crippen molar-refractivity contribution in [2.24, 2.45) is 7.05 Å². The molecule has 0 bridgehead atoms. The number of imidazole rings is 1. The van der Waals surface area contributed by atoms with E-state index in [0.717, 1.165) is 16.6 Å². The van der Waals surface area contributed by atoms with E-state index in [1.165, 1.54) is 10.9 Å². The number of nitriles is 1. The fraction of sp³-hybridized carbons (Fsp3) is 0.143. The number of nitrogens with zero attached hydrogens (tertiary/aromatic N) is 5. The largest absolute Gasteiger partial charge is 0.330 e. The summed E-state index contributed by atoms with van der Waals surface area (Å²) in [6.45, 7) is 0.309. The molecule has 4 rings (SSSR count). The highest BCUT2D eigenvalue weighted by Gasteiger charge is 2.25. The molecule has 0 radical (unpaired) electrons. The maximum Gasteiger partial charge on any atom is 0.286 e. The lowest BCUT2D eigenvalue weighted by molar-refractivity contribution is 0.631. The van der Waals surface area contributed by atoms with Gasteiger partial charge in [0.05, 0.1) is 29.8 Å². The summed E-state index contributed by atoms with van der Waals surface area (Å²) < 4.78 is 3.14. The third-order valence-electron chi connectivity index (χ3n) is 4.71. The van der Waals surface area contributed by atoms with Gasteiger partial charge in [-0.05, 0) is 17.7 Å². The molecule has 28 heavy (non-hydrogen) atoms. The molecule has 2 heterocycles. The molecule has 6 nitrogen and oxygen atoms in total. The highest BCUT2D eigenvalue weighted by molar-refractivity contribution is 6.31. The van der Waals surface area contributed by atoms with Crippen molar-refractivity contribution >= 4 is 22.6 Å². The Kier molecular flexibility index (Phi) is 4.68. The lowest BCUT2D eigenvalue weighted by Crippen LogP contribution is -2.26. The average Bonchev–Trinajstić information content (AvgIpc) is 3.05. The van der Waals surface area contributed by atoms with Crippen molar-refractivity contribution in [2.75, 3.05) is 0 Å². The molecular formula is C21H16ClN5O. The number of rotatable bonds is 4. The average molecular weight is 390 g/mol. The zero-order valence-electron chi connectivity index (χ0n) is 15.1. The number of hydrogen-bond acceptors (Lipinski definition) is 4. The Labute approximate surface area is 166 Å². The Balaban J connectivity index is 1.77. The SMILES string of the molecule is Cn1c(C(C#N)c2cnn(Cc3ccccc3)c(=O)c2Cl)nc2ccccc21. The van der Waals surface area contributed by atoms with Gasteiger partial charge >= 0.3 is 0 Å². The summed E-state index contributed by atoms with van der Waals surface area (Å²) in [5, 5.41) is 14.0. The summed E-state index contributed by atoms with van der Waals surface area (Å²) in [7, 11) is 1.84. The number of hydrogen-bond donors (Lipinski definition) is 0. The van der Waals surface area contributed by atoms with Crippen LogP contribution < -0.4 is 5.56 Å². The van der Waals surface area contributed by atoms with Crippen LogP contribution in [0.2, 0.25) is 5.02 Å². The van der Waals surface area contributed by atoms with Gasteiger partial charge in [-0.25, -0.2) is 9.67 Å². The molecule has 0 N–H and O–H groups in total. The quantitative estimate of drug-likeness (QED) is 0.535. The van der Waals surface area contributed by atoms with Gasteiger partial charge in [0, 0.05) is 12.6 Å². The minimum atomic E-state index is -0.795. The van der Waals surface area contributed by atoms with E-state index in [2.05, 4.69) is 16.2 Å². The van der Waals surface area contributed by atoms with Crippen LogP contribution in [-0.4, -0.2) is 19.3 Å². The second-order valence-electron chi connectivity index (χ2n) is 6.44. The maximum absolute atomic E-state index is 12.7. The first kappa shape index (κ1) is 18.0. The van der Waals surface area contributed by atoms with Gasteiger partial charge in [-0.15, -0.1) is 0 Å². The number of aromatic nitrogens is 4. The lowest BCUT2D eigenvalue weighted by Gasteiger charge is -2.13. The summed E-state index contributed by atoms with van der Waals surface area (Å²) in [5.41, 5.74) is 2.55. The van der Waals surface area contributed by atoms with E-state index in [9.17, 15) is 10.1 Å². The van der Waals surface area contributed by atoms with Gasteiger partial charge < -0.3 is 4.57 Å². The Bertz CT molecular complexity index is 1250. The van der Waals surface area contributed by atoms with Crippen molar-refractivity contribution in [3.05, 3.63) is 93.1 Å². The van der Waals surface area contributed by atoms with E-state index < -0.39 is 11.5 Å². The Morgan fingerprint density at radius 3 is 2.57 bits per heavy atom. The van der Waals surface area contributed by atoms with Crippen molar-refractivity contribution in [1.29, 1.82) is 5.26 Å². The van der Waals surface area contributed by atoms with Crippen LogP contribution in [0, 0.1) is 11.3 Å². The van der Waals surface area contributed by atoms with E-state index >= 15 is 0 Å². The summed E-state index contributed by atoms with van der Waals surface area (Å²) in [6.07, 6.45) is 1.49. The second kappa shape index (κ2) is 7.29. The number of aryl methyl sites for hydroxylation is 1. The molecule has 1 unspecified atom stereocenters. The van der Waals surface area contributed by atoms with Crippen LogP contribution in [0.4, 0.5) is 0 Å². The number of benzene rings is 2. The fourth-order valence-electron chi connectivity index (χ4n) is 3.24. The van der Waals surface area contributed by atoms with Crippen LogP contribution >= 0.6 is 11.6 Å². The Hall–Kier alpha value is -3.43. The molecule has 0 saturated carbocycles. The Morgan fingerprint density at radius 2 is 1.86 bits per heavy atom. The van der Waals surface area contributed by atoms with Crippen molar-refractivity contribution in [3.8, 4) is 6.07 Å². The van der Waals surface area contributed by atoms with Crippen molar-refractivity contribution < 1.29 is 0 Å². The van der Waals surface area contributed by atoms with Crippen LogP contribution in [-0.2, 0) is 13.6 Å². The van der Waals surface area contributed by atoms with Crippen molar-refractivity contribution in [2.45, 2.75) is 12.5 Å². The van der Waals surface area contributed by atoms with E-state index in [1.807, 2.05) is 66.2 Å². The first-order chi connectivity index (χ1) is 13.6. The van der Waals surface area contributed by atoms with Crippen LogP contribution in [0.25, 0.3) is 11.0 Å². The van der Waals surface area contributed by atoms with Crippen molar-refractivity contribution in [1.82, 2.24) is 19.3 Å². The summed E-state index contributed by atoms with van der Waals surface area (Å²) >= 11 is 6.38. The van der Waals surface area contributed by atoms with E-state index in [1.54, 1.807) is 0 Å². The first-order valence-corrected chi connectivity index (χ1v) is 9.08. The third-order valence-corrected chi connectivity index (χ3v) is 5.09. The van der Waals surface area contributed by atoms with Gasteiger partial charge in [-0.3, -0.25) is 4.79 Å². The topological polar surface area (TPSA) is 76.5 Å². The molecule has 138 valence electrons. The molecule has 0 amide bonds. The molecule has 2 aromatic heterocycles. The minimum absolute atomic E-state index is 0.00969. The van der Waals surface area contributed by atoms with Gasteiger partial charge in [0.1, 0.15) is 16.8 Å². The van der Waals surface area contributed by atoms with Crippen LogP contribution in [0.5, 0.6) is 0 Å². The highest BCUT2D eigenvalue weighted by atomic mass is 35.5. The molecule has 7 heteroatoms. The summed E-state index contributed by atoms with van der Waals surface area (Å²) in [6, 6.07) is 19.3. The van der Waals surface area contributed by atoms with Crippen LogP contribution in [0.1, 0.15) is 22.9 Å². The van der Waals surface area contributed by atoms with E-state index in [-0.39, 0.29) is 5.02 Å². The van der Waals surface area contributed by atoms with Gasteiger partial charge in [0.15, 0.2) is 0 Å². The van der Waals surface area contributed by atoms with Gasteiger partial charge in [-0.2, -0.15) is 10.4 Å². The van der Waals surface area contributed by atoms with Gasteiger partial charge in [0.2, 0.25) is 0 Å². The fourth-order valence-corrected chi connectivity index (χ4v) is 3.49. The second-order valence-corrected chi connectivity index (χ2v) is 6.82. The Morgan fingerprint density at radius 1 is 1.14 bits per heavy atom. The van der Waals surface area contributed by atoms with E-state index in [0.29, 0.717) is 17.9 Å². The molecular weight excluding hydrogens is 374 g/mol. The molecule has 0 spiro atoms. The number of fused-ring (bicyclic) bond motifs is 1. The molecule has 1 atom stereocenters. The predicted molar refractivity (Wildman–Crippen MR) is 107 cm³/mol. The van der Waals surface area contributed by atoms with Crippen LogP contribution in [0.15, 0.2) is 65.6 Å².